The molecule has 0 bridgehead atoms. The van der Waals surface area contributed by atoms with Gasteiger partial charge in [0.15, 0.2) is 0 Å². The first kappa shape index (κ1) is 25.5. The second kappa shape index (κ2) is 11.7. The van der Waals surface area contributed by atoms with Crippen molar-refractivity contribution in [1.29, 1.82) is 0 Å². The van der Waals surface area contributed by atoms with E-state index in [0.717, 1.165) is 38.5 Å². The molecule has 1 aliphatic rings. The third kappa shape index (κ3) is 6.86. The van der Waals surface area contributed by atoms with Crippen LogP contribution in [0.15, 0.2) is 9.59 Å². The van der Waals surface area contributed by atoms with Crippen LogP contribution in [0.4, 0.5) is 16.3 Å². The lowest BCUT2D eigenvalue weighted by Crippen LogP contribution is -2.51. The van der Waals surface area contributed by atoms with Gasteiger partial charge in [0.2, 0.25) is 5.91 Å². The Hall–Kier alpha value is -2.78. The Morgan fingerprint density at radius 2 is 1.94 bits per heavy atom. The molecule has 1 heterocycles. The number of nitrogens with zero attached hydrogens (tertiary/aromatic N) is 2. The van der Waals surface area contributed by atoms with Crippen molar-refractivity contribution < 1.29 is 9.59 Å². The van der Waals surface area contributed by atoms with Crippen LogP contribution in [0.25, 0.3) is 0 Å². The highest BCUT2D eigenvalue weighted by atomic mass is 16.2. The fourth-order valence-corrected chi connectivity index (χ4v) is 4.17. The average molecular weight is 451 g/mol. The monoisotopic (exact) mass is 450 g/mol. The van der Waals surface area contributed by atoms with Crippen molar-refractivity contribution >= 4 is 23.4 Å². The van der Waals surface area contributed by atoms with Crippen LogP contribution in [-0.2, 0) is 11.3 Å². The summed E-state index contributed by atoms with van der Waals surface area (Å²) >= 11 is 0. The summed E-state index contributed by atoms with van der Waals surface area (Å²) in [5.74, 6) is -0.0445. The number of carbonyl (C=O) groups excluding carboxylic acids is 2. The summed E-state index contributed by atoms with van der Waals surface area (Å²) < 4.78 is 1.32. The fourth-order valence-electron chi connectivity index (χ4n) is 4.17. The molecule has 1 aliphatic carbocycles. The molecular formula is C22H38N6O4. The van der Waals surface area contributed by atoms with Gasteiger partial charge in [-0.25, -0.2) is 9.59 Å². The number of nitrogen functional groups attached to an aromatic ring is 1. The van der Waals surface area contributed by atoms with Gasteiger partial charge in [-0.05, 0) is 31.1 Å². The lowest BCUT2D eigenvalue weighted by Gasteiger charge is -2.30. The smallest absolute Gasteiger partial charge is 0.330 e. The van der Waals surface area contributed by atoms with E-state index < -0.39 is 23.2 Å². The number of hydrogen-bond donors (Lipinski definition) is 4. The van der Waals surface area contributed by atoms with Crippen LogP contribution >= 0.6 is 0 Å². The van der Waals surface area contributed by atoms with Crippen LogP contribution in [0.5, 0.6) is 0 Å². The Morgan fingerprint density at radius 1 is 1.25 bits per heavy atom. The Bertz CT molecular complexity index is 907. The molecular weight excluding hydrogens is 412 g/mol. The minimum absolute atomic E-state index is 0.0288. The minimum Gasteiger partial charge on any atom is -0.383 e. The van der Waals surface area contributed by atoms with Crippen LogP contribution in [0, 0.1) is 11.8 Å². The number of H-pyrrole nitrogens is 1. The number of aromatic nitrogens is 2. The summed E-state index contributed by atoms with van der Waals surface area (Å²) in [4.78, 5) is 53.7. The first-order valence-electron chi connectivity index (χ1n) is 11.6. The molecule has 1 aromatic heterocycles. The number of unbranched alkanes of at least 4 members (excludes halogenated alkanes) is 1. The molecule has 5 N–H and O–H groups in total. The number of nitrogens with one attached hydrogen (secondary N) is 3. The average Bonchev–Trinajstić information content (AvgIpc) is 2.68. The topological polar surface area (TPSA) is 142 Å². The Kier molecular flexibility index (Phi) is 9.34. The summed E-state index contributed by atoms with van der Waals surface area (Å²) in [6.45, 7) is 8.47. The van der Waals surface area contributed by atoms with Gasteiger partial charge in [-0.15, -0.1) is 0 Å². The van der Waals surface area contributed by atoms with E-state index in [1.54, 1.807) is 0 Å². The molecule has 3 amide bonds. The predicted molar refractivity (Wildman–Crippen MR) is 126 cm³/mol. The Labute approximate surface area is 188 Å². The van der Waals surface area contributed by atoms with Gasteiger partial charge in [0, 0.05) is 19.1 Å². The van der Waals surface area contributed by atoms with Crippen LogP contribution in [0.2, 0.25) is 0 Å². The van der Waals surface area contributed by atoms with E-state index in [0.29, 0.717) is 19.0 Å². The number of carbonyl (C=O) groups is 2. The molecule has 1 aromatic rings. The van der Waals surface area contributed by atoms with Crippen molar-refractivity contribution in [2.24, 2.45) is 11.8 Å². The zero-order valence-electron chi connectivity index (χ0n) is 19.7. The van der Waals surface area contributed by atoms with Gasteiger partial charge in [-0.1, -0.05) is 47.0 Å². The first-order valence-corrected chi connectivity index (χ1v) is 11.6. The van der Waals surface area contributed by atoms with Gasteiger partial charge in [-0.2, -0.15) is 0 Å². The summed E-state index contributed by atoms with van der Waals surface area (Å²) in [7, 11) is 0. The molecule has 2 rings (SSSR count). The van der Waals surface area contributed by atoms with E-state index >= 15 is 0 Å². The molecule has 1 fully saturated rings. The van der Waals surface area contributed by atoms with Gasteiger partial charge in [0.1, 0.15) is 11.5 Å². The van der Waals surface area contributed by atoms with Crippen LogP contribution in [0.1, 0.15) is 66.2 Å². The molecule has 0 saturated heterocycles. The molecule has 1 saturated carbocycles. The molecule has 2 atom stereocenters. The van der Waals surface area contributed by atoms with Gasteiger partial charge >= 0.3 is 11.7 Å². The minimum atomic E-state index is -0.644. The zero-order chi connectivity index (χ0) is 23.8. The quantitative estimate of drug-likeness (QED) is 0.452. The molecule has 0 aliphatic heterocycles. The van der Waals surface area contributed by atoms with Crippen LogP contribution < -0.4 is 32.5 Å². The lowest BCUT2D eigenvalue weighted by atomic mass is 9.86. The van der Waals surface area contributed by atoms with E-state index in [1.165, 1.54) is 9.47 Å². The number of aromatic amines is 1. The zero-order valence-corrected chi connectivity index (χ0v) is 19.7. The maximum absolute atomic E-state index is 12.7. The van der Waals surface area contributed by atoms with E-state index in [2.05, 4.69) is 22.5 Å². The maximum Gasteiger partial charge on any atom is 0.330 e. The maximum atomic E-state index is 12.7. The number of hydrogen-bond acceptors (Lipinski definition) is 6. The van der Waals surface area contributed by atoms with Crippen molar-refractivity contribution in [3.63, 3.8) is 0 Å². The normalized spacial score (nSPS) is 18.4. The standard InChI is InChI=1S/C22H38N6O4/c1-5-6-11-28-19(23)18(20(30)26-22(28)32)27(12-14(2)3)13-17(29)25-21(31)24-16-10-8-7-9-15(16)4/h14-16H,5-13,23H2,1-4H3,(H,26,30,32)(H2,24,25,29,31). The molecule has 0 aromatic carbocycles. The number of nitrogens with two attached hydrogens (primary N) is 1. The molecule has 2 unspecified atom stereocenters. The largest absolute Gasteiger partial charge is 0.383 e. The van der Waals surface area contributed by atoms with Crippen molar-refractivity contribution in [3.05, 3.63) is 20.8 Å². The van der Waals surface area contributed by atoms with Crippen molar-refractivity contribution in [3.8, 4) is 0 Å². The highest BCUT2D eigenvalue weighted by Gasteiger charge is 2.25. The van der Waals surface area contributed by atoms with Crippen molar-refractivity contribution in [2.75, 3.05) is 23.7 Å². The number of anilines is 2. The molecule has 0 radical (unpaired) electrons. The fraction of sp³-hybridized carbons (Fsp3) is 0.727. The number of rotatable bonds is 9. The Balaban J connectivity index is 2.18. The van der Waals surface area contributed by atoms with Crippen LogP contribution in [-0.4, -0.2) is 40.6 Å². The number of amides is 3. The third-order valence-electron chi connectivity index (χ3n) is 5.87. The predicted octanol–water partition coefficient (Wildman–Crippen LogP) is 1.79. The van der Waals surface area contributed by atoms with E-state index in [-0.39, 0.29) is 30.0 Å². The number of imide groups is 1. The van der Waals surface area contributed by atoms with Crippen LogP contribution in [0.3, 0.4) is 0 Å². The third-order valence-corrected chi connectivity index (χ3v) is 5.87. The summed E-state index contributed by atoms with van der Waals surface area (Å²) in [5, 5.41) is 5.26. The number of urea groups is 1. The summed E-state index contributed by atoms with van der Waals surface area (Å²) in [6, 6.07) is -0.489. The second-order valence-corrected chi connectivity index (χ2v) is 9.16. The van der Waals surface area contributed by atoms with Crippen molar-refractivity contribution in [1.82, 2.24) is 20.2 Å². The van der Waals surface area contributed by atoms with Gasteiger partial charge in [0.25, 0.3) is 5.56 Å². The highest BCUT2D eigenvalue weighted by Crippen LogP contribution is 2.23. The first-order chi connectivity index (χ1) is 15.1. The second-order valence-electron chi connectivity index (χ2n) is 9.16. The van der Waals surface area contributed by atoms with Gasteiger partial charge in [-0.3, -0.25) is 24.5 Å². The van der Waals surface area contributed by atoms with Gasteiger partial charge in [0.05, 0.1) is 6.54 Å². The molecule has 10 nitrogen and oxygen atoms in total. The van der Waals surface area contributed by atoms with E-state index in [1.807, 2.05) is 20.8 Å². The molecule has 32 heavy (non-hydrogen) atoms. The summed E-state index contributed by atoms with van der Waals surface area (Å²) in [6.07, 6.45) is 5.74. The SMILES string of the molecule is CCCCn1c(N)c(N(CC(=O)NC(=O)NC2CCCCC2C)CC(C)C)c(=O)[nH]c1=O. The van der Waals surface area contributed by atoms with Gasteiger partial charge < -0.3 is 16.0 Å². The molecule has 180 valence electrons. The molecule has 0 spiro atoms. The van der Waals surface area contributed by atoms with Crippen molar-refractivity contribution in [2.45, 2.75) is 78.8 Å². The highest BCUT2D eigenvalue weighted by molar-refractivity contribution is 5.96. The lowest BCUT2D eigenvalue weighted by molar-refractivity contribution is -0.118. The van der Waals surface area contributed by atoms with E-state index in [9.17, 15) is 19.2 Å². The molecule has 10 heteroatoms. The Morgan fingerprint density at radius 3 is 2.56 bits per heavy atom. The van der Waals surface area contributed by atoms with E-state index in [4.69, 9.17) is 5.73 Å². The summed E-state index contributed by atoms with van der Waals surface area (Å²) in [5.41, 5.74) is 5.07.